The topological polar surface area (TPSA) is 102 Å². The third-order valence-electron chi connectivity index (χ3n) is 1.48. The molecule has 0 aromatic carbocycles. The molecule has 0 saturated heterocycles. The molecule has 0 radical (unpaired) electrons. The lowest BCUT2D eigenvalue weighted by atomic mass is 10.4. The van der Waals surface area contributed by atoms with Gasteiger partial charge in [-0.25, -0.2) is 19.3 Å². The van der Waals surface area contributed by atoms with Crippen molar-refractivity contribution in [3.05, 3.63) is 22.5 Å². The molecule has 0 spiro atoms. The minimum absolute atomic E-state index is 0. The number of fused-ring (bicyclic) bond motifs is 1. The predicted molar refractivity (Wildman–Crippen MR) is 62.7 cm³/mol. The summed E-state index contributed by atoms with van der Waals surface area (Å²) in [5, 5.41) is 9.16. The number of aromatic nitrogens is 5. The molecule has 9 heteroatoms. The molecule has 2 aromatic heterocycles. The number of halogens is 1. The van der Waals surface area contributed by atoms with E-state index < -0.39 is 5.69 Å². The standard InChI is InChI=1S/C5H4N6OS.HI/c6-3(13)2-4-8-10-9-5(12)11(4)1-7-2;/h1H,(H2,6,13)(H,8,9,12);1H. The van der Waals surface area contributed by atoms with Crippen LogP contribution in [0.3, 0.4) is 0 Å². The number of nitrogens with two attached hydrogens (primary N) is 1. The summed E-state index contributed by atoms with van der Waals surface area (Å²) < 4.78 is 1.18. The van der Waals surface area contributed by atoms with Crippen molar-refractivity contribution in [1.82, 2.24) is 24.8 Å². The molecule has 0 saturated carbocycles. The van der Waals surface area contributed by atoms with Crippen molar-refractivity contribution in [2.45, 2.75) is 0 Å². The van der Waals surface area contributed by atoms with Crippen LogP contribution in [-0.2, 0) is 0 Å². The number of hydrogen-bond donors (Lipinski definition) is 2. The second-order valence-electron chi connectivity index (χ2n) is 2.27. The second kappa shape index (κ2) is 3.96. The first kappa shape index (κ1) is 11.0. The number of imidazole rings is 1. The molecular weight excluding hydrogens is 319 g/mol. The summed E-state index contributed by atoms with van der Waals surface area (Å²) >= 11 is 4.71. The normalized spacial score (nSPS) is 9.71. The van der Waals surface area contributed by atoms with Crippen LogP contribution in [-0.4, -0.2) is 29.8 Å². The van der Waals surface area contributed by atoms with Gasteiger partial charge in [0.15, 0.2) is 5.65 Å². The lowest BCUT2D eigenvalue weighted by Crippen LogP contribution is -2.19. The van der Waals surface area contributed by atoms with Crippen LogP contribution in [0.15, 0.2) is 11.1 Å². The first-order chi connectivity index (χ1) is 6.20. The Hall–Kier alpha value is -1.10. The Balaban J connectivity index is 0.000000980. The Labute approximate surface area is 99.7 Å². The number of H-pyrrole nitrogens is 1. The largest absolute Gasteiger partial charge is 0.388 e. The van der Waals surface area contributed by atoms with Crippen LogP contribution in [0.4, 0.5) is 0 Å². The molecule has 0 fully saturated rings. The molecule has 0 bridgehead atoms. The molecule has 2 heterocycles. The van der Waals surface area contributed by atoms with E-state index in [0.717, 1.165) is 0 Å². The number of thiocarbonyl (C=S) groups is 1. The summed E-state index contributed by atoms with van der Waals surface area (Å²) in [6.45, 7) is 0. The van der Waals surface area contributed by atoms with Crippen LogP contribution in [0.5, 0.6) is 0 Å². The smallest absolute Gasteiger partial charge is 0.350 e. The number of hydrogen-bond acceptors (Lipinski definition) is 5. The Morgan fingerprint density at radius 2 is 2.36 bits per heavy atom. The van der Waals surface area contributed by atoms with E-state index in [2.05, 4.69) is 20.4 Å². The van der Waals surface area contributed by atoms with E-state index in [4.69, 9.17) is 18.0 Å². The average Bonchev–Trinajstić information content (AvgIpc) is 2.48. The molecule has 0 aliphatic carbocycles. The van der Waals surface area contributed by atoms with E-state index in [9.17, 15) is 4.79 Å². The van der Waals surface area contributed by atoms with E-state index in [0.29, 0.717) is 5.69 Å². The summed E-state index contributed by atoms with van der Waals surface area (Å²) in [5.74, 6) is 0. The fraction of sp³-hybridized carbons (Fsp3) is 0. The number of aromatic amines is 1. The van der Waals surface area contributed by atoms with Crippen LogP contribution < -0.4 is 11.4 Å². The van der Waals surface area contributed by atoms with Gasteiger partial charge >= 0.3 is 5.69 Å². The zero-order valence-corrected chi connectivity index (χ0v) is 9.82. The quantitative estimate of drug-likeness (QED) is 0.519. The van der Waals surface area contributed by atoms with Gasteiger partial charge in [0.1, 0.15) is 17.0 Å². The highest BCUT2D eigenvalue weighted by atomic mass is 127. The monoisotopic (exact) mass is 324 g/mol. The highest BCUT2D eigenvalue weighted by molar-refractivity contribution is 14.0. The molecule has 2 rings (SSSR count). The van der Waals surface area contributed by atoms with Gasteiger partial charge < -0.3 is 5.73 Å². The first-order valence-electron chi connectivity index (χ1n) is 3.28. The summed E-state index contributed by atoms with van der Waals surface area (Å²) in [4.78, 5) is 15.0. The zero-order chi connectivity index (χ0) is 9.42. The lowest BCUT2D eigenvalue weighted by Gasteiger charge is -1.91. The molecule has 0 atom stereocenters. The maximum absolute atomic E-state index is 11.1. The van der Waals surface area contributed by atoms with Crippen molar-refractivity contribution < 1.29 is 0 Å². The van der Waals surface area contributed by atoms with Gasteiger partial charge in [-0.1, -0.05) is 17.4 Å². The Morgan fingerprint density at radius 3 is 3.00 bits per heavy atom. The second-order valence-corrected chi connectivity index (χ2v) is 2.71. The zero-order valence-electron chi connectivity index (χ0n) is 6.67. The minimum Gasteiger partial charge on any atom is -0.388 e. The molecule has 0 aliphatic rings. The van der Waals surface area contributed by atoms with Crippen LogP contribution in [0, 0.1) is 0 Å². The summed E-state index contributed by atoms with van der Waals surface area (Å²) in [6, 6.07) is 0. The van der Waals surface area contributed by atoms with Gasteiger partial charge in [-0.15, -0.1) is 29.1 Å². The van der Waals surface area contributed by atoms with Crippen molar-refractivity contribution >= 4 is 46.8 Å². The molecule has 14 heavy (non-hydrogen) atoms. The molecule has 74 valence electrons. The summed E-state index contributed by atoms with van der Waals surface area (Å²) in [7, 11) is 0. The average molecular weight is 324 g/mol. The van der Waals surface area contributed by atoms with Crippen molar-refractivity contribution in [2.24, 2.45) is 5.73 Å². The lowest BCUT2D eigenvalue weighted by molar-refractivity contribution is 0.785. The number of nitrogens with one attached hydrogen (secondary N) is 1. The first-order valence-corrected chi connectivity index (χ1v) is 3.69. The van der Waals surface area contributed by atoms with E-state index in [-0.39, 0.29) is 34.6 Å². The maximum atomic E-state index is 11.1. The van der Waals surface area contributed by atoms with E-state index in [1.54, 1.807) is 0 Å². The molecule has 0 aliphatic heterocycles. The molecular formula is C5H5IN6OS. The fourth-order valence-electron chi connectivity index (χ4n) is 0.929. The van der Waals surface area contributed by atoms with Gasteiger partial charge in [0.2, 0.25) is 0 Å². The molecule has 2 aromatic rings. The molecule has 0 unspecified atom stereocenters. The van der Waals surface area contributed by atoms with Gasteiger partial charge in [-0.3, -0.25) is 0 Å². The van der Waals surface area contributed by atoms with Crippen LogP contribution in [0.1, 0.15) is 5.69 Å². The predicted octanol–water partition coefficient (Wildman–Crippen LogP) is -0.935. The third kappa shape index (κ3) is 1.59. The van der Waals surface area contributed by atoms with Gasteiger partial charge in [0, 0.05) is 0 Å². The van der Waals surface area contributed by atoms with Crippen molar-refractivity contribution in [1.29, 1.82) is 0 Å². The SMILES string of the molecule is I.NC(=S)c1ncn2c(=O)[nH]nnc12. The molecule has 7 nitrogen and oxygen atoms in total. The molecule has 3 N–H and O–H groups in total. The van der Waals surface area contributed by atoms with Gasteiger partial charge in [0.05, 0.1) is 0 Å². The van der Waals surface area contributed by atoms with E-state index in [1.165, 1.54) is 10.7 Å². The van der Waals surface area contributed by atoms with Gasteiger partial charge in [-0.05, 0) is 0 Å². The van der Waals surface area contributed by atoms with E-state index in [1.807, 2.05) is 0 Å². The molecule has 0 amide bonds. The number of rotatable bonds is 1. The number of nitrogens with zero attached hydrogens (tertiary/aromatic N) is 4. The van der Waals surface area contributed by atoms with E-state index >= 15 is 0 Å². The van der Waals surface area contributed by atoms with Gasteiger partial charge in [0.25, 0.3) is 0 Å². The van der Waals surface area contributed by atoms with Crippen LogP contribution in [0.25, 0.3) is 5.65 Å². The van der Waals surface area contributed by atoms with Crippen LogP contribution >= 0.6 is 36.2 Å². The van der Waals surface area contributed by atoms with Crippen molar-refractivity contribution in [3.8, 4) is 0 Å². The highest BCUT2D eigenvalue weighted by Gasteiger charge is 2.09. The Kier molecular flexibility index (Phi) is 3.10. The summed E-state index contributed by atoms with van der Waals surface area (Å²) in [6.07, 6.45) is 1.29. The van der Waals surface area contributed by atoms with Crippen molar-refractivity contribution in [2.75, 3.05) is 0 Å². The fourth-order valence-corrected chi connectivity index (χ4v) is 1.07. The van der Waals surface area contributed by atoms with Gasteiger partial charge in [-0.2, -0.15) is 0 Å². The third-order valence-corrected chi connectivity index (χ3v) is 1.68. The summed E-state index contributed by atoms with van der Waals surface area (Å²) in [5.41, 5.74) is 5.48. The highest BCUT2D eigenvalue weighted by Crippen LogP contribution is 2.00. The maximum Gasteiger partial charge on any atom is 0.350 e. The van der Waals surface area contributed by atoms with Crippen molar-refractivity contribution in [3.63, 3.8) is 0 Å². The van der Waals surface area contributed by atoms with Crippen LogP contribution in [0.2, 0.25) is 0 Å². The minimum atomic E-state index is -0.431. The Morgan fingerprint density at radius 1 is 1.64 bits per heavy atom. The Bertz CT molecular complexity index is 532.